The van der Waals surface area contributed by atoms with Crippen LogP contribution in [0.3, 0.4) is 0 Å². The molecule has 0 saturated heterocycles. The molecule has 2 aromatic rings. The van der Waals surface area contributed by atoms with E-state index >= 15 is 0 Å². The van der Waals surface area contributed by atoms with Gasteiger partial charge in [-0.1, -0.05) is 13.2 Å². The van der Waals surface area contributed by atoms with Crippen molar-refractivity contribution in [2.45, 2.75) is 26.1 Å². The zero-order chi connectivity index (χ0) is 22.4. The minimum Gasteiger partial charge on any atom is -0.422 e. The van der Waals surface area contributed by atoms with Gasteiger partial charge in [0.15, 0.2) is 12.2 Å². The average Bonchev–Trinajstić information content (AvgIpc) is 2.70. The molecule has 156 valence electrons. The van der Waals surface area contributed by atoms with Crippen LogP contribution in [0.4, 0.5) is 16.2 Å². The third-order valence-corrected chi connectivity index (χ3v) is 4.14. The van der Waals surface area contributed by atoms with Crippen LogP contribution < -0.4 is 0 Å². The fourth-order valence-corrected chi connectivity index (χ4v) is 2.67. The normalized spacial score (nSPS) is 12.3. The van der Waals surface area contributed by atoms with E-state index in [9.17, 15) is 25.0 Å². The van der Waals surface area contributed by atoms with Crippen molar-refractivity contribution in [3.63, 3.8) is 0 Å². The number of hydrogen-bond acceptors (Lipinski definition) is 7. The van der Waals surface area contributed by atoms with Crippen molar-refractivity contribution in [1.82, 2.24) is 0 Å². The average molecular weight is 412 g/mol. The van der Waals surface area contributed by atoms with Gasteiger partial charge in [0, 0.05) is 24.3 Å². The highest BCUT2D eigenvalue weighted by Gasteiger charge is 2.24. The van der Waals surface area contributed by atoms with E-state index in [0.29, 0.717) is 22.3 Å². The first-order valence-electron chi connectivity index (χ1n) is 8.77. The Bertz CT molecular complexity index is 902. The molecule has 0 radical (unpaired) electrons. The van der Waals surface area contributed by atoms with Crippen molar-refractivity contribution in [3.05, 3.63) is 104 Å². The van der Waals surface area contributed by atoms with Gasteiger partial charge in [0.2, 0.25) is 0 Å². The Hall–Kier alpha value is -4.01. The Kier molecular flexibility index (Phi) is 7.03. The van der Waals surface area contributed by atoms with E-state index < -0.39 is 28.2 Å². The summed E-state index contributed by atoms with van der Waals surface area (Å²) in [5.74, 6) is 0. The molecule has 0 fully saturated rings. The second-order valence-electron chi connectivity index (χ2n) is 6.64. The summed E-state index contributed by atoms with van der Waals surface area (Å²) in [7, 11) is 0. The summed E-state index contributed by atoms with van der Waals surface area (Å²) in [5, 5.41) is 21.6. The molecule has 9 heteroatoms. The molecule has 0 spiro atoms. The SMILES string of the molecule is C=C(C)C(OC(=O)OC(C(=C)C)c1ccc([N+](=O)[O-])cc1)c1ccc([N+](=O)[O-])cc1. The number of non-ortho nitro benzene ring substituents is 2. The van der Waals surface area contributed by atoms with Gasteiger partial charge in [-0.15, -0.1) is 0 Å². The van der Waals surface area contributed by atoms with Gasteiger partial charge in [-0.2, -0.15) is 0 Å². The molecule has 30 heavy (non-hydrogen) atoms. The third-order valence-electron chi connectivity index (χ3n) is 4.14. The van der Waals surface area contributed by atoms with Crippen molar-refractivity contribution >= 4 is 17.5 Å². The lowest BCUT2D eigenvalue weighted by atomic mass is 10.0. The quantitative estimate of drug-likeness (QED) is 0.240. The maximum atomic E-state index is 12.4. The van der Waals surface area contributed by atoms with Gasteiger partial charge < -0.3 is 9.47 Å². The van der Waals surface area contributed by atoms with Crippen LogP contribution in [-0.4, -0.2) is 16.0 Å². The molecule has 0 aliphatic rings. The summed E-state index contributed by atoms with van der Waals surface area (Å²) in [4.78, 5) is 33.0. The fourth-order valence-electron chi connectivity index (χ4n) is 2.67. The van der Waals surface area contributed by atoms with Gasteiger partial charge in [-0.05, 0) is 60.4 Å². The van der Waals surface area contributed by atoms with Crippen molar-refractivity contribution in [3.8, 4) is 0 Å². The lowest BCUT2D eigenvalue weighted by molar-refractivity contribution is -0.385. The van der Waals surface area contributed by atoms with E-state index in [2.05, 4.69) is 13.2 Å². The van der Waals surface area contributed by atoms with Crippen molar-refractivity contribution in [2.24, 2.45) is 0 Å². The first-order chi connectivity index (χ1) is 14.1. The highest BCUT2D eigenvalue weighted by atomic mass is 16.7. The van der Waals surface area contributed by atoms with Gasteiger partial charge >= 0.3 is 6.16 Å². The highest BCUT2D eigenvalue weighted by molar-refractivity contribution is 5.62. The van der Waals surface area contributed by atoms with Crippen LogP contribution in [-0.2, 0) is 9.47 Å². The standard InChI is InChI=1S/C21H20N2O7/c1-13(2)19(15-5-9-17(10-6-15)22(25)26)29-21(24)30-20(14(3)4)16-7-11-18(12-8-16)23(27)28/h5-12,19-20H,1,3H2,2,4H3. The topological polar surface area (TPSA) is 122 Å². The van der Waals surface area contributed by atoms with Crippen LogP contribution in [0, 0.1) is 20.2 Å². The molecule has 2 rings (SSSR count). The zero-order valence-electron chi connectivity index (χ0n) is 16.4. The summed E-state index contributed by atoms with van der Waals surface area (Å²) in [6.07, 6.45) is -2.76. The molecule has 0 aromatic heterocycles. The first kappa shape index (κ1) is 22.3. The Balaban J connectivity index is 2.17. The molecule has 0 aliphatic heterocycles. The summed E-state index contributed by atoms with van der Waals surface area (Å²) in [5.41, 5.74) is 1.77. The van der Waals surface area contributed by atoms with Crippen LogP contribution in [0.15, 0.2) is 72.8 Å². The van der Waals surface area contributed by atoms with Gasteiger partial charge in [-0.25, -0.2) is 4.79 Å². The largest absolute Gasteiger partial charge is 0.510 e. The summed E-state index contributed by atoms with van der Waals surface area (Å²) in [6, 6.07) is 11.1. The van der Waals surface area contributed by atoms with Crippen molar-refractivity contribution in [1.29, 1.82) is 0 Å². The van der Waals surface area contributed by atoms with E-state index in [0.717, 1.165) is 0 Å². The van der Waals surface area contributed by atoms with Gasteiger partial charge in [-0.3, -0.25) is 20.2 Å². The predicted octanol–water partition coefficient (Wildman–Crippen LogP) is 5.59. The van der Waals surface area contributed by atoms with E-state index in [-0.39, 0.29) is 11.4 Å². The number of carbonyl (C=O) groups is 1. The molecule has 0 heterocycles. The zero-order valence-corrected chi connectivity index (χ0v) is 16.4. The highest BCUT2D eigenvalue weighted by Crippen LogP contribution is 2.30. The number of nitro groups is 2. The maximum absolute atomic E-state index is 12.4. The second-order valence-corrected chi connectivity index (χ2v) is 6.64. The Labute approximate surface area is 172 Å². The van der Waals surface area contributed by atoms with Gasteiger partial charge in [0.05, 0.1) is 9.85 Å². The molecule has 2 unspecified atom stereocenters. The monoisotopic (exact) mass is 412 g/mol. The molecule has 0 amide bonds. The molecule has 2 aromatic carbocycles. The molecule has 0 aliphatic carbocycles. The molecule has 0 N–H and O–H groups in total. The van der Waals surface area contributed by atoms with Crippen LogP contribution in [0.1, 0.15) is 37.2 Å². The van der Waals surface area contributed by atoms with E-state index in [1.54, 1.807) is 13.8 Å². The minimum atomic E-state index is -1.01. The van der Waals surface area contributed by atoms with Crippen molar-refractivity contribution < 1.29 is 24.1 Å². The second kappa shape index (κ2) is 9.46. The minimum absolute atomic E-state index is 0.0951. The molecule has 0 bridgehead atoms. The number of carbonyl (C=O) groups excluding carboxylic acids is 1. The van der Waals surface area contributed by atoms with Crippen LogP contribution >= 0.6 is 0 Å². The Morgan fingerprint density at radius 2 is 1.07 bits per heavy atom. The molecular formula is C21H20N2O7. The number of nitro benzene ring substituents is 2. The van der Waals surface area contributed by atoms with Crippen LogP contribution in [0.5, 0.6) is 0 Å². The third kappa shape index (κ3) is 5.51. The summed E-state index contributed by atoms with van der Waals surface area (Å²) >= 11 is 0. The Morgan fingerprint density at radius 3 is 1.30 bits per heavy atom. The summed E-state index contributed by atoms with van der Waals surface area (Å²) < 4.78 is 10.8. The number of benzene rings is 2. The van der Waals surface area contributed by atoms with Crippen LogP contribution in [0.2, 0.25) is 0 Å². The summed E-state index contributed by atoms with van der Waals surface area (Å²) in [6.45, 7) is 10.9. The molecule has 0 saturated carbocycles. The number of ether oxygens (including phenoxy) is 2. The fraction of sp³-hybridized carbons (Fsp3) is 0.190. The number of hydrogen-bond donors (Lipinski definition) is 0. The number of rotatable bonds is 8. The Morgan fingerprint density at radius 1 is 0.767 bits per heavy atom. The van der Waals surface area contributed by atoms with Gasteiger partial charge in [0.25, 0.3) is 11.4 Å². The van der Waals surface area contributed by atoms with E-state index in [4.69, 9.17) is 9.47 Å². The van der Waals surface area contributed by atoms with Gasteiger partial charge in [0.1, 0.15) is 0 Å². The molecular weight excluding hydrogens is 392 g/mol. The maximum Gasteiger partial charge on any atom is 0.510 e. The smallest absolute Gasteiger partial charge is 0.422 e. The van der Waals surface area contributed by atoms with Crippen LogP contribution in [0.25, 0.3) is 0 Å². The first-order valence-corrected chi connectivity index (χ1v) is 8.77. The lowest BCUT2D eigenvalue weighted by Gasteiger charge is -2.22. The number of nitrogens with zero attached hydrogens (tertiary/aromatic N) is 2. The molecule has 9 nitrogen and oxygen atoms in total. The lowest BCUT2D eigenvalue weighted by Crippen LogP contribution is -2.17. The molecule has 2 atom stereocenters. The predicted molar refractivity (Wildman–Crippen MR) is 109 cm³/mol. The van der Waals surface area contributed by atoms with Crippen molar-refractivity contribution in [2.75, 3.05) is 0 Å². The van der Waals surface area contributed by atoms with E-state index in [1.807, 2.05) is 0 Å². The van der Waals surface area contributed by atoms with E-state index in [1.165, 1.54) is 48.5 Å².